The molecule has 130 valence electrons. The molecule has 0 aliphatic heterocycles. The van der Waals surface area contributed by atoms with Gasteiger partial charge in [0.25, 0.3) is 0 Å². The summed E-state index contributed by atoms with van der Waals surface area (Å²) in [5.41, 5.74) is 0.594. The summed E-state index contributed by atoms with van der Waals surface area (Å²) < 4.78 is 10.3. The van der Waals surface area contributed by atoms with Crippen LogP contribution < -0.4 is 15.4 Å². The van der Waals surface area contributed by atoms with Crippen molar-refractivity contribution in [2.45, 2.75) is 58.7 Å². The number of carbonyl (C=O) groups excluding carboxylic acids is 1. The molecule has 1 unspecified atom stereocenters. The Balaban J connectivity index is 2.43. The monoisotopic (exact) mass is 323 g/mol. The van der Waals surface area contributed by atoms with Crippen molar-refractivity contribution in [3.63, 3.8) is 0 Å². The van der Waals surface area contributed by atoms with Crippen molar-refractivity contribution in [2.24, 2.45) is 0 Å². The molecule has 2 N–H and O–H groups in total. The zero-order valence-electron chi connectivity index (χ0n) is 14.8. The van der Waals surface area contributed by atoms with E-state index in [1.807, 2.05) is 32.9 Å². The molecule has 1 rings (SSSR count). The van der Waals surface area contributed by atoms with Crippen LogP contribution in [0, 0.1) is 0 Å². The molecule has 1 aromatic heterocycles. The number of pyridine rings is 1. The van der Waals surface area contributed by atoms with Crippen LogP contribution in [0.3, 0.4) is 0 Å². The molecule has 0 bridgehead atoms. The normalized spacial score (nSPS) is 12.6. The van der Waals surface area contributed by atoms with Gasteiger partial charge in [-0.25, -0.2) is 9.78 Å². The van der Waals surface area contributed by atoms with Crippen LogP contribution in [0.25, 0.3) is 0 Å². The highest BCUT2D eigenvalue weighted by Gasteiger charge is 2.17. The largest absolute Gasteiger partial charge is 0.481 e. The molecule has 0 aromatic carbocycles. The second kappa shape index (κ2) is 9.35. The third-order valence-corrected chi connectivity index (χ3v) is 3.13. The van der Waals surface area contributed by atoms with Crippen molar-refractivity contribution in [3.8, 4) is 5.88 Å². The number of hydrogen-bond donors (Lipinski definition) is 2. The molecular formula is C17H29N3O3. The Morgan fingerprint density at radius 1 is 1.35 bits per heavy atom. The zero-order valence-corrected chi connectivity index (χ0v) is 14.8. The SMILES string of the molecule is CCCC(CNC(=O)OC(C)(C)C)NCc1ccc(OC)nc1. The van der Waals surface area contributed by atoms with Gasteiger partial charge in [0, 0.05) is 31.4 Å². The van der Waals surface area contributed by atoms with Gasteiger partial charge in [-0.15, -0.1) is 0 Å². The van der Waals surface area contributed by atoms with Gasteiger partial charge in [-0.2, -0.15) is 0 Å². The Morgan fingerprint density at radius 2 is 2.09 bits per heavy atom. The fraction of sp³-hybridized carbons (Fsp3) is 0.647. The lowest BCUT2D eigenvalue weighted by Gasteiger charge is -2.22. The van der Waals surface area contributed by atoms with Gasteiger partial charge in [0.05, 0.1) is 7.11 Å². The first-order valence-electron chi connectivity index (χ1n) is 8.03. The van der Waals surface area contributed by atoms with Crippen molar-refractivity contribution in [2.75, 3.05) is 13.7 Å². The zero-order chi connectivity index (χ0) is 17.3. The number of nitrogens with one attached hydrogen (secondary N) is 2. The lowest BCUT2D eigenvalue weighted by molar-refractivity contribution is 0.0521. The van der Waals surface area contributed by atoms with Crippen LogP contribution in [0.1, 0.15) is 46.1 Å². The highest BCUT2D eigenvalue weighted by Crippen LogP contribution is 2.08. The highest BCUT2D eigenvalue weighted by molar-refractivity contribution is 5.67. The van der Waals surface area contributed by atoms with E-state index in [9.17, 15) is 4.79 Å². The summed E-state index contributed by atoms with van der Waals surface area (Å²) in [6.07, 6.45) is 3.41. The third kappa shape index (κ3) is 8.40. The number of nitrogens with zero attached hydrogens (tertiary/aromatic N) is 1. The minimum atomic E-state index is -0.480. The second-order valence-corrected chi connectivity index (χ2v) is 6.46. The maximum atomic E-state index is 11.7. The first-order valence-corrected chi connectivity index (χ1v) is 8.03. The molecule has 0 aliphatic rings. The quantitative estimate of drug-likeness (QED) is 0.769. The van der Waals surface area contributed by atoms with Crippen LogP contribution in [0.5, 0.6) is 5.88 Å². The van der Waals surface area contributed by atoms with Crippen molar-refractivity contribution in [1.29, 1.82) is 0 Å². The van der Waals surface area contributed by atoms with Gasteiger partial charge in [-0.3, -0.25) is 0 Å². The lowest BCUT2D eigenvalue weighted by Crippen LogP contribution is -2.42. The predicted molar refractivity (Wildman–Crippen MR) is 90.6 cm³/mol. The van der Waals surface area contributed by atoms with Gasteiger partial charge in [-0.1, -0.05) is 19.4 Å². The Morgan fingerprint density at radius 3 is 2.61 bits per heavy atom. The Labute approximate surface area is 139 Å². The Hall–Kier alpha value is -1.82. The minimum absolute atomic E-state index is 0.189. The summed E-state index contributed by atoms with van der Waals surface area (Å²) in [7, 11) is 1.60. The van der Waals surface area contributed by atoms with Gasteiger partial charge in [0.2, 0.25) is 5.88 Å². The molecule has 6 nitrogen and oxygen atoms in total. The van der Waals surface area contributed by atoms with Crippen LogP contribution in [0.2, 0.25) is 0 Å². The molecule has 0 spiro atoms. The van der Waals surface area contributed by atoms with E-state index in [2.05, 4.69) is 22.5 Å². The summed E-state index contributed by atoms with van der Waals surface area (Å²) in [6.45, 7) is 8.90. The van der Waals surface area contributed by atoms with Crippen LogP contribution >= 0.6 is 0 Å². The lowest BCUT2D eigenvalue weighted by atomic mass is 10.1. The number of ether oxygens (including phenoxy) is 2. The van der Waals surface area contributed by atoms with Gasteiger partial charge >= 0.3 is 6.09 Å². The van der Waals surface area contributed by atoms with E-state index in [-0.39, 0.29) is 12.1 Å². The Bertz CT molecular complexity index is 469. The second-order valence-electron chi connectivity index (χ2n) is 6.46. The van der Waals surface area contributed by atoms with Gasteiger partial charge in [0.15, 0.2) is 0 Å². The van der Waals surface area contributed by atoms with Gasteiger partial charge in [0.1, 0.15) is 5.60 Å². The van der Waals surface area contributed by atoms with Crippen molar-refractivity contribution >= 4 is 6.09 Å². The first kappa shape index (κ1) is 19.2. The Kier molecular flexibility index (Phi) is 7.81. The maximum absolute atomic E-state index is 11.7. The van der Waals surface area contributed by atoms with E-state index >= 15 is 0 Å². The molecule has 1 amide bonds. The molecule has 6 heteroatoms. The van der Waals surface area contributed by atoms with Crippen molar-refractivity contribution in [1.82, 2.24) is 15.6 Å². The van der Waals surface area contributed by atoms with Crippen LogP contribution in [-0.4, -0.2) is 36.4 Å². The minimum Gasteiger partial charge on any atom is -0.481 e. The molecule has 0 radical (unpaired) electrons. The van der Waals surface area contributed by atoms with E-state index in [1.54, 1.807) is 13.3 Å². The van der Waals surface area contributed by atoms with Crippen LogP contribution in [0.15, 0.2) is 18.3 Å². The molecule has 23 heavy (non-hydrogen) atoms. The van der Waals surface area contributed by atoms with Crippen LogP contribution in [0.4, 0.5) is 4.79 Å². The van der Waals surface area contributed by atoms with E-state index < -0.39 is 5.60 Å². The van der Waals surface area contributed by atoms with E-state index in [0.29, 0.717) is 19.0 Å². The summed E-state index contributed by atoms with van der Waals surface area (Å²) >= 11 is 0. The number of carbonyl (C=O) groups is 1. The molecule has 1 atom stereocenters. The number of methoxy groups -OCH3 is 1. The number of aromatic nitrogens is 1. The fourth-order valence-electron chi connectivity index (χ4n) is 2.04. The number of hydrogen-bond acceptors (Lipinski definition) is 5. The standard InChI is InChI=1S/C17H29N3O3/c1-6-7-14(12-20-16(21)23-17(2,3)4)18-10-13-8-9-15(22-5)19-11-13/h8-9,11,14,18H,6-7,10,12H2,1-5H3,(H,20,21). The molecule has 0 saturated heterocycles. The predicted octanol–water partition coefficient (Wildman–Crippen LogP) is 2.87. The molecular weight excluding hydrogens is 294 g/mol. The van der Waals surface area contributed by atoms with E-state index in [0.717, 1.165) is 18.4 Å². The highest BCUT2D eigenvalue weighted by atomic mass is 16.6. The van der Waals surface area contributed by atoms with Crippen LogP contribution in [-0.2, 0) is 11.3 Å². The summed E-state index contributed by atoms with van der Waals surface area (Å²) in [5.74, 6) is 0.602. The third-order valence-electron chi connectivity index (χ3n) is 3.13. The smallest absolute Gasteiger partial charge is 0.407 e. The number of rotatable bonds is 8. The topological polar surface area (TPSA) is 72.5 Å². The summed E-state index contributed by atoms with van der Waals surface area (Å²) in [6, 6.07) is 4.00. The average Bonchev–Trinajstić information content (AvgIpc) is 2.49. The first-order chi connectivity index (χ1) is 10.8. The molecule has 0 fully saturated rings. The molecule has 0 saturated carbocycles. The van der Waals surface area contributed by atoms with E-state index in [4.69, 9.17) is 9.47 Å². The number of amides is 1. The van der Waals surface area contributed by atoms with Crippen molar-refractivity contribution in [3.05, 3.63) is 23.9 Å². The van der Waals surface area contributed by atoms with Gasteiger partial charge in [-0.05, 0) is 32.8 Å². The van der Waals surface area contributed by atoms with Crippen molar-refractivity contribution < 1.29 is 14.3 Å². The molecule has 0 aliphatic carbocycles. The fourth-order valence-corrected chi connectivity index (χ4v) is 2.04. The summed E-state index contributed by atoms with van der Waals surface area (Å²) in [4.78, 5) is 15.9. The average molecular weight is 323 g/mol. The van der Waals surface area contributed by atoms with E-state index in [1.165, 1.54) is 0 Å². The summed E-state index contributed by atoms with van der Waals surface area (Å²) in [5, 5.41) is 6.26. The molecule has 1 aromatic rings. The maximum Gasteiger partial charge on any atom is 0.407 e. The molecule has 1 heterocycles. The van der Waals surface area contributed by atoms with Gasteiger partial charge < -0.3 is 20.1 Å². The number of alkyl carbamates (subject to hydrolysis) is 1.